The number of halogens is 2. The van der Waals surface area contributed by atoms with Crippen molar-refractivity contribution < 1.29 is 9.18 Å². The molecule has 0 bridgehead atoms. The van der Waals surface area contributed by atoms with Gasteiger partial charge in [0.2, 0.25) is 0 Å². The zero-order valence-corrected chi connectivity index (χ0v) is 10.9. The summed E-state index contributed by atoms with van der Waals surface area (Å²) in [7, 11) is 0. The first kappa shape index (κ1) is 14.0. The number of hydrogen-bond donors (Lipinski definition) is 1. The van der Waals surface area contributed by atoms with E-state index in [9.17, 15) is 9.18 Å². The number of hydrogen-bond acceptors (Lipinski definition) is 1. The van der Waals surface area contributed by atoms with Crippen LogP contribution >= 0.6 is 11.6 Å². The molecule has 2 nitrogen and oxygen atoms in total. The average molecular weight is 258 g/mol. The van der Waals surface area contributed by atoms with Crippen LogP contribution in [0.5, 0.6) is 0 Å². The molecule has 1 unspecified atom stereocenters. The van der Waals surface area contributed by atoms with Gasteiger partial charge in [0.05, 0.1) is 0 Å². The zero-order valence-electron chi connectivity index (χ0n) is 10.1. The minimum absolute atomic E-state index is 0.245. The third kappa shape index (κ3) is 4.35. The van der Waals surface area contributed by atoms with Gasteiger partial charge in [-0.2, -0.15) is 0 Å². The van der Waals surface area contributed by atoms with Gasteiger partial charge in [-0.15, -0.1) is 11.6 Å². The number of aryl methyl sites for hydroxylation is 1. The number of amides is 1. The molecular formula is C13H17ClFNO. The van der Waals surface area contributed by atoms with Gasteiger partial charge in [0.1, 0.15) is 5.82 Å². The molecule has 0 spiro atoms. The van der Waals surface area contributed by atoms with Gasteiger partial charge in [-0.3, -0.25) is 4.79 Å². The van der Waals surface area contributed by atoms with Gasteiger partial charge < -0.3 is 5.32 Å². The maximum Gasteiger partial charge on any atom is 0.251 e. The molecule has 94 valence electrons. The Balaban J connectivity index is 2.55. The van der Waals surface area contributed by atoms with E-state index in [1.165, 1.54) is 6.07 Å². The van der Waals surface area contributed by atoms with Crippen LogP contribution in [0, 0.1) is 18.7 Å². The Bertz CT molecular complexity index is 395. The van der Waals surface area contributed by atoms with Gasteiger partial charge in [-0.25, -0.2) is 4.39 Å². The molecule has 1 aromatic rings. The second kappa shape index (κ2) is 6.60. The van der Waals surface area contributed by atoms with Crippen molar-refractivity contribution in [1.29, 1.82) is 0 Å². The monoisotopic (exact) mass is 257 g/mol. The first-order valence-electron chi connectivity index (χ1n) is 5.65. The number of rotatable bonds is 5. The molecular weight excluding hydrogens is 241 g/mol. The normalized spacial score (nSPS) is 12.2. The van der Waals surface area contributed by atoms with Crippen molar-refractivity contribution in [1.82, 2.24) is 5.32 Å². The molecule has 0 aromatic heterocycles. The van der Waals surface area contributed by atoms with Crippen LogP contribution in [-0.4, -0.2) is 18.3 Å². The van der Waals surface area contributed by atoms with Crippen LogP contribution < -0.4 is 5.32 Å². The Morgan fingerprint density at radius 2 is 2.24 bits per heavy atom. The smallest absolute Gasteiger partial charge is 0.251 e. The summed E-state index contributed by atoms with van der Waals surface area (Å²) in [4.78, 5) is 11.7. The maximum atomic E-state index is 13.3. The van der Waals surface area contributed by atoms with Crippen LogP contribution in [0.15, 0.2) is 18.2 Å². The maximum absolute atomic E-state index is 13.3. The summed E-state index contributed by atoms with van der Waals surface area (Å²) in [5, 5.41) is 2.77. The van der Waals surface area contributed by atoms with Crippen molar-refractivity contribution in [3.8, 4) is 0 Å². The van der Waals surface area contributed by atoms with E-state index < -0.39 is 0 Å². The van der Waals surface area contributed by atoms with Crippen molar-refractivity contribution in [2.45, 2.75) is 20.3 Å². The summed E-state index contributed by atoms with van der Waals surface area (Å²) in [5.74, 6) is 0.305. The summed E-state index contributed by atoms with van der Waals surface area (Å²) < 4.78 is 13.3. The highest BCUT2D eigenvalue weighted by molar-refractivity contribution is 6.17. The minimum Gasteiger partial charge on any atom is -0.352 e. The minimum atomic E-state index is -0.355. The average Bonchev–Trinajstić information content (AvgIpc) is 2.30. The van der Waals surface area contributed by atoms with Gasteiger partial charge in [0, 0.05) is 18.0 Å². The van der Waals surface area contributed by atoms with E-state index in [4.69, 9.17) is 11.6 Å². The van der Waals surface area contributed by atoms with Gasteiger partial charge in [0.25, 0.3) is 5.91 Å². The Morgan fingerprint density at radius 1 is 1.53 bits per heavy atom. The highest BCUT2D eigenvalue weighted by Crippen LogP contribution is 2.09. The van der Waals surface area contributed by atoms with Crippen molar-refractivity contribution in [2.24, 2.45) is 5.92 Å². The first-order chi connectivity index (χ1) is 8.04. The highest BCUT2D eigenvalue weighted by atomic mass is 35.5. The second-order valence-corrected chi connectivity index (χ2v) is 4.63. The van der Waals surface area contributed by atoms with Crippen LogP contribution in [-0.2, 0) is 0 Å². The summed E-state index contributed by atoms with van der Waals surface area (Å²) >= 11 is 5.60. The highest BCUT2D eigenvalue weighted by Gasteiger charge is 2.09. The predicted molar refractivity (Wildman–Crippen MR) is 68.0 cm³/mol. The molecule has 1 amide bonds. The van der Waals surface area contributed by atoms with E-state index in [-0.39, 0.29) is 11.7 Å². The van der Waals surface area contributed by atoms with Crippen LogP contribution in [0.2, 0.25) is 0 Å². The fourth-order valence-corrected chi connectivity index (χ4v) is 1.76. The summed E-state index contributed by atoms with van der Waals surface area (Å²) in [6, 6.07) is 4.49. The lowest BCUT2D eigenvalue weighted by Gasteiger charge is -2.11. The molecule has 0 saturated heterocycles. The Labute approximate surface area is 106 Å². The quantitative estimate of drug-likeness (QED) is 0.807. The SMILES string of the molecule is Cc1ccc(C(=O)NCC(C)CCCl)cc1F. The number of carbonyl (C=O) groups excluding carboxylic acids is 1. The second-order valence-electron chi connectivity index (χ2n) is 4.26. The van der Waals surface area contributed by atoms with Crippen LogP contribution in [0.3, 0.4) is 0 Å². The van der Waals surface area contributed by atoms with Crippen molar-refractivity contribution in [3.05, 3.63) is 35.1 Å². The third-order valence-electron chi connectivity index (χ3n) is 2.65. The molecule has 1 N–H and O–H groups in total. The van der Waals surface area contributed by atoms with Gasteiger partial charge >= 0.3 is 0 Å². The molecule has 0 aliphatic rings. The lowest BCUT2D eigenvalue weighted by atomic mass is 10.1. The van der Waals surface area contributed by atoms with Crippen molar-refractivity contribution >= 4 is 17.5 Å². The fourth-order valence-electron chi connectivity index (χ4n) is 1.39. The molecule has 4 heteroatoms. The molecule has 0 fully saturated rings. The summed E-state index contributed by atoms with van der Waals surface area (Å²) in [6.45, 7) is 4.24. The Hall–Kier alpha value is -1.09. The molecule has 0 saturated carbocycles. The molecule has 0 aliphatic carbocycles. The molecule has 0 heterocycles. The molecule has 1 atom stereocenters. The molecule has 0 radical (unpaired) electrons. The van der Waals surface area contributed by atoms with Crippen LogP contribution in [0.25, 0.3) is 0 Å². The molecule has 1 rings (SSSR count). The zero-order chi connectivity index (χ0) is 12.8. The largest absolute Gasteiger partial charge is 0.352 e. The van der Waals surface area contributed by atoms with E-state index in [0.29, 0.717) is 29.5 Å². The Kier molecular flexibility index (Phi) is 5.42. The van der Waals surface area contributed by atoms with Crippen LogP contribution in [0.1, 0.15) is 29.3 Å². The lowest BCUT2D eigenvalue weighted by molar-refractivity contribution is 0.0947. The van der Waals surface area contributed by atoms with Crippen molar-refractivity contribution in [3.63, 3.8) is 0 Å². The summed E-state index contributed by atoms with van der Waals surface area (Å²) in [6.07, 6.45) is 0.851. The van der Waals surface area contributed by atoms with E-state index in [1.807, 2.05) is 6.92 Å². The number of carbonyl (C=O) groups is 1. The van der Waals surface area contributed by atoms with E-state index in [1.54, 1.807) is 19.1 Å². The predicted octanol–water partition coefficient (Wildman–Crippen LogP) is 3.13. The van der Waals surface area contributed by atoms with Gasteiger partial charge in [-0.05, 0) is 37.0 Å². The standard InChI is InChI=1S/C13H17ClFNO/c1-9(5-6-14)8-16-13(17)11-4-3-10(2)12(15)7-11/h3-4,7,9H,5-6,8H2,1-2H3,(H,16,17). The topological polar surface area (TPSA) is 29.1 Å². The molecule has 17 heavy (non-hydrogen) atoms. The Morgan fingerprint density at radius 3 is 2.82 bits per heavy atom. The number of alkyl halides is 1. The van der Waals surface area contributed by atoms with Crippen molar-refractivity contribution in [2.75, 3.05) is 12.4 Å². The number of nitrogens with one attached hydrogen (secondary N) is 1. The summed E-state index contributed by atoms with van der Waals surface area (Å²) in [5.41, 5.74) is 0.892. The number of benzene rings is 1. The van der Waals surface area contributed by atoms with E-state index >= 15 is 0 Å². The fraction of sp³-hybridized carbons (Fsp3) is 0.462. The van der Waals surface area contributed by atoms with E-state index in [2.05, 4.69) is 5.32 Å². The van der Waals surface area contributed by atoms with Gasteiger partial charge in [0.15, 0.2) is 0 Å². The van der Waals surface area contributed by atoms with E-state index in [0.717, 1.165) is 6.42 Å². The third-order valence-corrected chi connectivity index (χ3v) is 2.87. The molecule has 1 aromatic carbocycles. The molecule has 0 aliphatic heterocycles. The lowest BCUT2D eigenvalue weighted by Crippen LogP contribution is -2.28. The first-order valence-corrected chi connectivity index (χ1v) is 6.18. The van der Waals surface area contributed by atoms with Gasteiger partial charge in [-0.1, -0.05) is 13.0 Å². The van der Waals surface area contributed by atoms with Crippen LogP contribution in [0.4, 0.5) is 4.39 Å².